The normalized spacial score (nSPS) is 21.1. The van der Waals surface area contributed by atoms with Crippen LogP contribution in [0, 0.1) is 5.88 Å². The fraction of sp³-hybridized carbons (Fsp3) is 0.750. The second kappa shape index (κ2) is 1.70. The Hall–Kier alpha value is -0.0900. The van der Waals surface area contributed by atoms with Gasteiger partial charge in [0.2, 0.25) is 0 Å². The van der Waals surface area contributed by atoms with Crippen LogP contribution in [-0.4, -0.2) is 13.7 Å². The Morgan fingerprint density at radius 2 is 2.00 bits per heavy atom. The predicted octanol–water partition coefficient (Wildman–Crippen LogP) is -0.358. The zero-order valence-electron chi connectivity index (χ0n) is 4.37. The van der Waals surface area contributed by atoms with Gasteiger partial charge in [0.15, 0.2) is 9.84 Å². The maximum Gasteiger partial charge on any atom is 0.171 e. The molecule has 4 heteroatoms. The van der Waals surface area contributed by atoms with Gasteiger partial charge >= 0.3 is 0 Å². The van der Waals surface area contributed by atoms with Gasteiger partial charge in [0.05, 0.1) is 5.25 Å². The maximum atomic E-state index is 10.6. The minimum atomic E-state index is -2.97. The van der Waals surface area contributed by atoms with E-state index in [0.29, 0.717) is 0 Å². The van der Waals surface area contributed by atoms with Gasteiger partial charge in [0.25, 0.3) is 0 Å². The summed E-state index contributed by atoms with van der Waals surface area (Å²) in [6.45, 7) is 0. The molecule has 1 saturated carbocycles. The first-order valence-electron chi connectivity index (χ1n) is 2.45. The largest absolute Gasteiger partial charge is 0.313 e. The number of hydrogen-bond donors (Lipinski definition) is 1. The fourth-order valence-electron chi connectivity index (χ4n) is 0.508. The molecule has 0 bridgehead atoms. The molecule has 0 spiro atoms. The van der Waals surface area contributed by atoms with Crippen molar-refractivity contribution in [1.82, 2.24) is 0 Å². The lowest BCUT2D eigenvalue weighted by Gasteiger charge is -1.91. The van der Waals surface area contributed by atoms with Crippen LogP contribution in [0.3, 0.4) is 0 Å². The molecule has 0 saturated heterocycles. The zero-order valence-corrected chi connectivity index (χ0v) is 5.19. The van der Waals surface area contributed by atoms with Crippen molar-refractivity contribution in [2.24, 2.45) is 5.73 Å². The van der Waals surface area contributed by atoms with Crippen molar-refractivity contribution < 1.29 is 8.42 Å². The Labute approximate surface area is 48.8 Å². The third kappa shape index (κ3) is 1.00. The molecule has 0 aromatic rings. The lowest BCUT2D eigenvalue weighted by Crippen LogP contribution is -2.11. The van der Waals surface area contributed by atoms with E-state index in [0.717, 1.165) is 18.7 Å². The van der Waals surface area contributed by atoms with E-state index in [2.05, 4.69) is 0 Å². The zero-order chi connectivity index (χ0) is 6.20. The maximum absolute atomic E-state index is 10.6. The van der Waals surface area contributed by atoms with Crippen LogP contribution in [-0.2, 0) is 9.84 Å². The summed E-state index contributed by atoms with van der Waals surface area (Å²) in [5, 5.41) is -0.146. The van der Waals surface area contributed by atoms with Gasteiger partial charge in [-0.3, -0.25) is 0 Å². The van der Waals surface area contributed by atoms with Gasteiger partial charge in [-0.15, -0.1) is 0 Å². The molecule has 1 rings (SSSR count). The minimum absolute atomic E-state index is 0.146. The van der Waals surface area contributed by atoms with Crippen molar-refractivity contribution in [2.75, 3.05) is 0 Å². The summed E-state index contributed by atoms with van der Waals surface area (Å²) in [5.74, 6) is 0.796. The first-order chi connectivity index (χ1) is 3.67. The van der Waals surface area contributed by atoms with Crippen LogP contribution in [0.5, 0.6) is 0 Å². The van der Waals surface area contributed by atoms with Crippen LogP contribution in [0.4, 0.5) is 0 Å². The predicted molar refractivity (Wildman–Crippen MR) is 30.4 cm³/mol. The summed E-state index contributed by atoms with van der Waals surface area (Å²) >= 11 is 0. The van der Waals surface area contributed by atoms with Gasteiger partial charge in [0.1, 0.15) is 5.88 Å². The first kappa shape index (κ1) is 6.04. The summed E-state index contributed by atoms with van der Waals surface area (Å²) < 4.78 is 21.2. The molecule has 0 amide bonds. The molecule has 8 heavy (non-hydrogen) atoms. The SMILES string of the molecule is N[CH]S(=O)(=O)C1CC1. The van der Waals surface area contributed by atoms with Gasteiger partial charge in [-0.25, -0.2) is 8.42 Å². The van der Waals surface area contributed by atoms with Crippen molar-refractivity contribution in [3.05, 3.63) is 5.88 Å². The number of nitrogens with two attached hydrogens (primary N) is 1. The summed E-state index contributed by atoms with van der Waals surface area (Å²) in [7, 11) is -2.97. The lowest BCUT2D eigenvalue weighted by atomic mass is 11.0. The molecule has 1 aliphatic rings. The van der Waals surface area contributed by atoms with Crippen LogP contribution < -0.4 is 5.73 Å². The van der Waals surface area contributed by atoms with Crippen molar-refractivity contribution >= 4 is 9.84 Å². The highest BCUT2D eigenvalue weighted by molar-refractivity contribution is 7.94. The van der Waals surface area contributed by atoms with Gasteiger partial charge in [-0.05, 0) is 12.8 Å². The molecule has 47 valence electrons. The second-order valence-electron chi connectivity index (χ2n) is 1.92. The molecule has 0 unspecified atom stereocenters. The van der Waals surface area contributed by atoms with Crippen molar-refractivity contribution in [1.29, 1.82) is 0 Å². The summed E-state index contributed by atoms with van der Waals surface area (Å²) in [6.07, 6.45) is 1.58. The molecule has 1 aliphatic carbocycles. The van der Waals surface area contributed by atoms with E-state index in [4.69, 9.17) is 5.73 Å². The lowest BCUT2D eigenvalue weighted by molar-refractivity contribution is 0.600. The fourth-order valence-corrected chi connectivity index (χ4v) is 1.52. The molecular weight excluding hydrogens is 126 g/mol. The first-order valence-corrected chi connectivity index (χ1v) is 4.06. The Morgan fingerprint density at radius 1 is 1.50 bits per heavy atom. The number of sulfone groups is 1. The molecule has 3 nitrogen and oxygen atoms in total. The van der Waals surface area contributed by atoms with Gasteiger partial charge < -0.3 is 5.73 Å². The topological polar surface area (TPSA) is 60.2 Å². The molecule has 0 atom stereocenters. The van der Waals surface area contributed by atoms with E-state index in [1.54, 1.807) is 0 Å². The summed E-state index contributed by atoms with van der Waals surface area (Å²) in [5.41, 5.74) is 4.83. The third-order valence-corrected chi connectivity index (χ3v) is 2.96. The quantitative estimate of drug-likeness (QED) is 0.561. The monoisotopic (exact) mass is 134 g/mol. The van der Waals surface area contributed by atoms with E-state index < -0.39 is 9.84 Å². The Balaban J connectivity index is 2.65. The Kier molecular flexibility index (Phi) is 1.28. The standard InChI is InChI=1S/C4H8NO2S/c5-3-8(6,7)4-1-2-4/h3-4H,1-2,5H2. The van der Waals surface area contributed by atoms with E-state index in [9.17, 15) is 8.42 Å². The number of rotatable bonds is 2. The highest BCUT2D eigenvalue weighted by atomic mass is 32.2. The summed E-state index contributed by atoms with van der Waals surface area (Å²) in [6, 6.07) is 0. The van der Waals surface area contributed by atoms with Gasteiger partial charge in [-0.2, -0.15) is 0 Å². The van der Waals surface area contributed by atoms with Crippen molar-refractivity contribution in [2.45, 2.75) is 18.1 Å². The molecule has 0 heterocycles. The third-order valence-electron chi connectivity index (χ3n) is 1.18. The average molecular weight is 134 g/mol. The van der Waals surface area contributed by atoms with Crippen LogP contribution in [0.15, 0.2) is 0 Å². The molecule has 0 aromatic carbocycles. The molecule has 1 fully saturated rings. The van der Waals surface area contributed by atoms with E-state index in [1.165, 1.54) is 0 Å². The Bertz CT molecular complexity index is 168. The number of hydrogen-bond acceptors (Lipinski definition) is 3. The van der Waals surface area contributed by atoms with E-state index >= 15 is 0 Å². The molecule has 1 radical (unpaired) electrons. The van der Waals surface area contributed by atoms with Crippen molar-refractivity contribution in [3.8, 4) is 0 Å². The Morgan fingerprint density at radius 3 is 2.12 bits per heavy atom. The van der Waals surface area contributed by atoms with Gasteiger partial charge in [-0.1, -0.05) is 0 Å². The van der Waals surface area contributed by atoms with Gasteiger partial charge in [0, 0.05) is 0 Å². The van der Waals surface area contributed by atoms with Crippen LogP contribution in [0.2, 0.25) is 0 Å². The van der Waals surface area contributed by atoms with E-state index in [1.807, 2.05) is 0 Å². The summed E-state index contributed by atoms with van der Waals surface area (Å²) in [4.78, 5) is 0. The highest BCUT2D eigenvalue weighted by Gasteiger charge is 2.34. The molecule has 0 aliphatic heterocycles. The minimum Gasteiger partial charge on any atom is -0.313 e. The van der Waals surface area contributed by atoms with Crippen LogP contribution >= 0.6 is 0 Å². The average Bonchev–Trinajstić information content (AvgIpc) is 2.44. The van der Waals surface area contributed by atoms with Crippen LogP contribution in [0.25, 0.3) is 0 Å². The van der Waals surface area contributed by atoms with Crippen molar-refractivity contribution in [3.63, 3.8) is 0 Å². The molecule has 2 N–H and O–H groups in total. The second-order valence-corrected chi connectivity index (χ2v) is 4.04. The molecule has 0 aromatic heterocycles. The van der Waals surface area contributed by atoms with Crippen LogP contribution in [0.1, 0.15) is 12.8 Å². The highest BCUT2D eigenvalue weighted by Crippen LogP contribution is 2.28. The van der Waals surface area contributed by atoms with E-state index in [-0.39, 0.29) is 5.25 Å². The molecular formula is C4H8NO2S. The smallest absolute Gasteiger partial charge is 0.171 e.